The highest BCUT2D eigenvalue weighted by Gasteiger charge is 2.38. The van der Waals surface area contributed by atoms with E-state index in [4.69, 9.17) is 9.90 Å². The van der Waals surface area contributed by atoms with E-state index in [9.17, 15) is 18.0 Å². The molecule has 0 saturated heterocycles. The second kappa shape index (κ2) is 14.5. The highest BCUT2D eigenvalue weighted by atomic mass is 19.4. The number of benzene rings is 3. The molecule has 4 N–H and O–H groups in total. The van der Waals surface area contributed by atoms with Crippen molar-refractivity contribution in [2.75, 3.05) is 10.6 Å². The third-order valence-electron chi connectivity index (χ3n) is 5.64. The van der Waals surface area contributed by atoms with Crippen LogP contribution in [0.15, 0.2) is 91.0 Å². The Morgan fingerprint density at radius 3 is 2.02 bits per heavy atom. The Kier molecular flexibility index (Phi) is 10.8. The topological polar surface area (TPSA) is 116 Å². The first kappa shape index (κ1) is 30.6. The number of hydrogen-bond donors (Lipinski definition) is 4. The van der Waals surface area contributed by atoms with Crippen molar-refractivity contribution in [1.82, 2.24) is 15.3 Å². The number of aromatic nitrogens is 2. The molecule has 0 bridgehead atoms. The zero-order chi connectivity index (χ0) is 29.8. The summed E-state index contributed by atoms with van der Waals surface area (Å²) < 4.78 is 31.7. The van der Waals surface area contributed by atoms with Crippen molar-refractivity contribution < 1.29 is 27.9 Å². The fourth-order valence-electron chi connectivity index (χ4n) is 3.60. The van der Waals surface area contributed by atoms with Gasteiger partial charge in [-0.25, -0.2) is 9.78 Å². The highest BCUT2D eigenvalue weighted by molar-refractivity contribution is 5.84. The monoisotopic (exact) mass is 565 g/mol. The number of carbonyl (C=O) groups excluding carboxylic acids is 1. The Labute approximate surface area is 235 Å². The minimum atomic E-state index is -5.08. The van der Waals surface area contributed by atoms with Gasteiger partial charge in [-0.3, -0.25) is 4.79 Å². The van der Waals surface area contributed by atoms with E-state index in [1.165, 1.54) is 5.56 Å². The molecule has 1 heterocycles. The van der Waals surface area contributed by atoms with Crippen molar-refractivity contribution in [3.05, 3.63) is 113 Å². The van der Waals surface area contributed by atoms with Gasteiger partial charge in [0.1, 0.15) is 11.9 Å². The molecule has 11 heteroatoms. The minimum Gasteiger partial charge on any atom is -0.475 e. The maximum atomic E-state index is 13.2. The van der Waals surface area contributed by atoms with Gasteiger partial charge in [-0.2, -0.15) is 18.2 Å². The number of anilines is 3. The molecule has 0 aliphatic rings. The quantitative estimate of drug-likeness (QED) is 0.202. The summed E-state index contributed by atoms with van der Waals surface area (Å²) >= 11 is 0. The predicted octanol–water partition coefficient (Wildman–Crippen LogP) is 5.81. The lowest BCUT2D eigenvalue weighted by Crippen LogP contribution is -2.41. The normalized spacial score (nSPS) is 11.4. The number of nitrogens with zero attached hydrogens (tertiary/aromatic N) is 2. The summed E-state index contributed by atoms with van der Waals surface area (Å²) in [6, 6.07) is 29.3. The van der Waals surface area contributed by atoms with Gasteiger partial charge in [0, 0.05) is 30.4 Å². The second-order valence-corrected chi connectivity index (χ2v) is 9.10. The maximum Gasteiger partial charge on any atom is 0.490 e. The third kappa shape index (κ3) is 10.6. The van der Waals surface area contributed by atoms with Gasteiger partial charge in [0.15, 0.2) is 0 Å². The second-order valence-electron chi connectivity index (χ2n) is 9.10. The molecule has 4 rings (SSSR count). The van der Waals surface area contributed by atoms with Gasteiger partial charge in [0.25, 0.3) is 0 Å². The van der Waals surface area contributed by atoms with E-state index in [2.05, 4.69) is 25.9 Å². The van der Waals surface area contributed by atoms with Crippen LogP contribution in [0.2, 0.25) is 0 Å². The Balaban J connectivity index is 0.000000587. The van der Waals surface area contributed by atoms with Crippen LogP contribution in [0.3, 0.4) is 0 Å². The number of aliphatic carboxylic acids is 1. The van der Waals surface area contributed by atoms with Gasteiger partial charge in [-0.1, -0.05) is 78.4 Å². The summed E-state index contributed by atoms with van der Waals surface area (Å²) in [5.41, 5.74) is 5.02. The van der Waals surface area contributed by atoms with E-state index >= 15 is 0 Å². The van der Waals surface area contributed by atoms with Crippen molar-refractivity contribution >= 4 is 29.3 Å². The molecule has 214 valence electrons. The summed E-state index contributed by atoms with van der Waals surface area (Å²) in [6.07, 6.45) is -4.55. The highest BCUT2D eigenvalue weighted by Crippen LogP contribution is 2.17. The van der Waals surface area contributed by atoms with Gasteiger partial charge in [-0.05, 0) is 37.1 Å². The van der Waals surface area contributed by atoms with Crippen molar-refractivity contribution in [1.29, 1.82) is 0 Å². The fraction of sp³-hybridized carbons (Fsp3) is 0.200. The van der Waals surface area contributed by atoms with Gasteiger partial charge < -0.3 is 21.1 Å². The number of para-hydroxylation sites is 1. The van der Waals surface area contributed by atoms with Crippen LogP contribution in [-0.2, 0) is 22.6 Å². The van der Waals surface area contributed by atoms with Crippen molar-refractivity contribution in [2.24, 2.45) is 0 Å². The van der Waals surface area contributed by atoms with Gasteiger partial charge in [-0.15, -0.1) is 0 Å². The summed E-state index contributed by atoms with van der Waals surface area (Å²) in [5.74, 6) is -1.77. The lowest BCUT2D eigenvalue weighted by molar-refractivity contribution is -0.192. The molecule has 0 fully saturated rings. The number of carbonyl (C=O) groups is 2. The van der Waals surface area contributed by atoms with Crippen molar-refractivity contribution in [2.45, 2.75) is 39.0 Å². The molecule has 3 aromatic carbocycles. The molecule has 4 aromatic rings. The van der Waals surface area contributed by atoms with Gasteiger partial charge in [0.2, 0.25) is 11.9 Å². The van der Waals surface area contributed by atoms with E-state index in [-0.39, 0.29) is 5.91 Å². The van der Waals surface area contributed by atoms with E-state index in [1.807, 2.05) is 105 Å². The molecule has 1 amide bonds. The molecular weight excluding hydrogens is 535 g/mol. The molecule has 0 aliphatic heterocycles. The first-order valence-corrected chi connectivity index (χ1v) is 12.6. The summed E-state index contributed by atoms with van der Waals surface area (Å²) in [5, 5.41) is 16.8. The number of aryl methyl sites for hydroxylation is 2. The van der Waals surface area contributed by atoms with Crippen LogP contribution in [0, 0.1) is 13.8 Å². The van der Waals surface area contributed by atoms with Crippen LogP contribution >= 0.6 is 0 Å². The number of nitrogens with one attached hydrogen (secondary N) is 3. The van der Waals surface area contributed by atoms with E-state index in [0.717, 1.165) is 22.5 Å². The average Bonchev–Trinajstić information content (AvgIpc) is 2.93. The molecular formula is C30H30F3N5O3. The molecule has 0 unspecified atom stereocenters. The molecule has 1 aromatic heterocycles. The van der Waals surface area contributed by atoms with Crippen LogP contribution in [0.25, 0.3) is 0 Å². The number of amides is 1. The Morgan fingerprint density at radius 2 is 1.44 bits per heavy atom. The smallest absolute Gasteiger partial charge is 0.475 e. The van der Waals surface area contributed by atoms with E-state index in [1.54, 1.807) is 0 Å². The minimum absolute atomic E-state index is 0.0849. The SMILES string of the molecule is Cc1ccc(CNC(=O)[C@H](Cc2ccccc2)Nc2cc(C)nc(Nc3ccccc3)n2)cc1.O=C(O)C(F)(F)F. The van der Waals surface area contributed by atoms with Crippen LogP contribution in [0.4, 0.5) is 30.6 Å². The fourth-order valence-corrected chi connectivity index (χ4v) is 3.60. The summed E-state index contributed by atoms with van der Waals surface area (Å²) in [4.78, 5) is 31.2. The van der Waals surface area contributed by atoms with E-state index < -0.39 is 18.2 Å². The van der Waals surface area contributed by atoms with Crippen LogP contribution in [0.5, 0.6) is 0 Å². The Hall–Kier alpha value is -4.93. The zero-order valence-electron chi connectivity index (χ0n) is 22.4. The van der Waals surface area contributed by atoms with Crippen LogP contribution in [-0.4, -0.2) is 39.2 Å². The molecule has 0 saturated carbocycles. The summed E-state index contributed by atoms with van der Waals surface area (Å²) in [7, 11) is 0. The molecule has 0 radical (unpaired) electrons. The number of halogens is 3. The largest absolute Gasteiger partial charge is 0.490 e. The molecule has 1 atom stereocenters. The maximum absolute atomic E-state index is 13.2. The number of alkyl halides is 3. The number of hydrogen-bond acceptors (Lipinski definition) is 6. The van der Waals surface area contributed by atoms with Crippen LogP contribution < -0.4 is 16.0 Å². The van der Waals surface area contributed by atoms with E-state index in [0.29, 0.717) is 24.7 Å². The lowest BCUT2D eigenvalue weighted by atomic mass is 10.0. The Morgan fingerprint density at radius 1 is 0.854 bits per heavy atom. The van der Waals surface area contributed by atoms with Gasteiger partial charge >= 0.3 is 12.1 Å². The average molecular weight is 566 g/mol. The predicted molar refractivity (Wildman–Crippen MR) is 151 cm³/mol. The lowest BCUT2D eigenvalue weighted by Gasteiger charge is -2.20. The number of carboxylic acid groups (broad SMARTS) is 1. The first-order valence-electron chi connectivity index (χ1n) is 12.6. The van der Waals surface area contributed by atoms with Crippen molar-refractivity contribution in [3.8, 4) is 0 Å². The summed E-state index contributed by atoms with van der Waals surface area (Å²) in [6.45, 7) is 4.43. The van der Waals surface area contributed by atoms with Crippen molar-refractivity contribution in [3.63, 3.8) is 0 Å². The zero-order valence-corrected chi connectivity index (χ0v) is 22.4. The standard InChI is InChI=1S/C28H29N5O.C2HF3O2/c1-20-13-15-23(16-14-20)19-29-27(34)25(18-22-9-5-3-6-10-22)32-26-17-21(2)30-28(33-26)31-24-11-7-4-8-12-24;3-2(4,5)1(6)7/h3-17,25H,18-19H2,1-2H3,(H,29,34)(H2,30,31,32,33);(H,6,7)/t25-;/m0./s1. The third-order valence-corrected chi connectivity index (χ3v) is 5.64. The molecule has 0 spiro atoms. The molecule has 41 heavy (non-hydrogen) atoms. The number of rotatable bonds is 9. The van der Waals surface area contributed by atoms with Gasteiger partial charge in [0.05, 0.1) is 0 Å². The molecule has 0 aliphatic carbocycles. The Bertz CT molecular complexity index is 1420. The number of carboxylic acids is 1. The van der Waals surface area contributed by atoms with Crippen LogP contribution in [0.1, 0.15) is 22.4 Å². The first-order chi connectivity index (χ1) is 19.5. The molecule has 8 nitrogen and oxygen atoms in total.